The van der Waals surface area contributed by atoms with Crippen LogP contribution in [0.3, 0.4) is 0 Å². The highest BCUT2D eigenvalue weighted by atomic mass is 32.1. The first-order chi connectivity index (χ1) is 10.3. The van der Waals surface area contributed by atoms with Crippen LogP contribution in [-0.4, -0.2) is 35.3 Å². The molecule has 2 aromatic rings. The molecule has 0 aromatic carbocycles. The molecule has 0 aliphatic carbocycles. The SMILES string of the molecule is O=C(NCCc1ccsc1)c1ccn(C2CCCNC2)n1. The van der Waals surface area contributed by atoms with E-state index in [0.29, 0.717) is 18.3 Å². The van der Waals surface area contributed by atoms with E-state index in [2.05, 4.69) is 32.6 Å². The van der Waals surface area contributed by atoms with Gasteiger partial charge in [0, 0.05) is 19.3 Å². The van der Waals surface area contributed by atoms with E-state index in [-0.39, 0.29) is 5.91 Å². The molecule has 1 fully saturated rings. The maximum Gasteiger partial charge on any atom is 0.271 e. The molecule has 0 bridgehead atoms. The second kappa shape index (κ2) is 6.87. The molecule has 2 aromatic heterocycles. The quantitative estimate of drug-likeness (QED) is 0.886. The second-order valence-corrected chi connectivity index (χ2v) is 6.10. The first kappa shape index (κ1) is 14.3. The zero-order chi connectivity index (χ0) is 14.5. The lowest BCUT2D eigenvalue weighted by Crippen LogP contribution is -2.32. The number of nitrogens with one attached hydrogen (secondary N) is 2. The van der Waals surface area contributed by atoms with Crippen molar-refractivity contribution in [1.29, 1.82) is 0 Å². The van der Waals surface area contributed by atoms with Crippen LogP contribution in [0, 0.1) is 0 Å². The predicted octanol–water partition coefficient (Wildman–Crippen LogP) is 1.84. The van der Waals surface area contributed by atoms with Gasteiger partial charge in [-0.3, -0.25) is 9.48 Å². The Bertz CT molecular complexity index is 572. The minimum Gasteiger partial charge on any atom is -0.350 e. The Morgan fingerprint density at radius 1 is 1.52 bits per heavy atom. The van der Waals surface area contributed by atoms with Crippen LogP contribution in [-0.2, 0) is 6.42 Å². The van der Waals surface area contributed by atoms with Gasteiger partial charge in [0.25, 0.3) is 5.91 Å². The topological polar surface area (TPSA) is 59.0 Å². The average molecular weight is 304 g/mol. The highest BCUT2D eigenvalue weighted by Gasteiger charge is 2.17. The van der Waals surface area contributed by atoms with Gasteiger partial charge in [-0.25, -0.2) is 0 Å². The molecule has 1 atom stereocenters. The summed E-state index contributed by atoms with van der Waals surface area (Å²) in [6.07, 6.45) is 5.05. The highest BCUT2D eigenvalue weighted by Crippen LogP contribution is 2.15. The van der Waals surface area contributed by atoms with Crippen LogP contribution >= 0.6 is 11.3 Å². The molecule has 0 spiro atoms. The molecule has 3 rings (SSSR count). The Morgan fingerprint density at radius 2 is 2.48 bits per heavy atom. The molecule has 112 valence electrons. The number of rotatable bonds is 5. The molecule has 0 saturated carbocycles. The Labute approximate surface area is 128 Å². The molecule has 6 heteroatoms. The summed E-state index contributed by atoms with van der Waals surface area (Å²) in [7, 11) is 0. The van der Waals surface area contributed by atoms with Crippen LogP contribution in [0.1, 0.15) is 34.9 Å². The molecule has 1 aliphatic heterocycles. The summed E-state index contributed by atoms with van der Waals surface area (Å²) in [6, 6.07) is 4.25. The van der Waals surface area contributed by atoms with Crippen LogP contribution in [0.2, 0.25) is 0 Å². The maximum atomic E-state index is 12.1. The predicted molar refractivity (Wildman–Crippen MR) is 83.7 cm³/mol. The molecule has 0 radical (unpaired) electrons. The van der Waals surface area contributed by atoms with Crippen molar-refractivity contribution < 1.29 is 4.79 Å². The number of amides is 1. The van der Waals surface area contributed by atoms with E-state index in [0.717, 1.165) is 32.4 Å². The number of nitrogens with zero attached hydrogens (tertiary/aromatic N) is 2. The van der Waals surface area contributed by atoms with Crippen molar-refractivity contribution in [2.24, 2.45) is 0 Å². The van der Waals surface area contributed by atoms with E-state index in [4.69, 9.17) is 0 Å². The number of thiophene rings is 1. The van der Waals surface area contributed by atoms with Crippen molar-refractivity contribution in [3.05, 3.63) is 40.3 Å². The first-order valence-corrected chi connectivity index (χ1v) is 8.32. The van der Waals surface area contributed by atoms with Crippen molar-refractivity contribution in [3.63, 3.8) is 0 Å². The van der Waals surface area contributed by atoms with E-state index >= 15 is 0 Å². The van der Waals surface area contributed by atoms with Crippen molar-refractivity contribution in [1.82, 2.24) is 20.4 Å². The summed E-state index contributed by atoms with van der Waals surface area (Å²) in [5.41, 5.74) is 1.77. The van der Waals surface area contributed by atoms with Gasteiger partial charge in [0.1, 0.15) is 5.69 Å². The summed E-state index contributed by atoms with van der Waals surface area (Å²) >= 11 is 1.68. The summed E-state index contributed by atoms with van der Waals surface area (Å²) in [6.45, 7) is 2.65. The van der Waals surface area contributed by atoms with Gasteiger partial charge in [0.05, 0.1) is 6.04 Å². The van der Waals surface area contributed by atoms with E-state index < -0.39 is 0 Å². The average Bonchev–Trinajstić information content (AvgIpc) is 3.20. The van der Waals surface area contributed by atoms with Crippen LogP contribution < -0.4 is 10.6 Å². The third-order valence-electron chi connectivity index (χ3n) is 3.77. The monoisotopic (exact) mass is 304 g/mol. The first-order valence-electron chi connectivity index (χ1n) is 7.38. The molecule has 1 aliphatic rings. The van der Waals surface area contributed by atoms with E-state index in [9.17, 15) is 4.79 Å². The molecule has 1 unspecified atom stereocenters. The van der Waals surface area contributed by atoms with Crippen LogP contribution in [0.25, 0.3) is 0 Å². The molecule has 2 N–H and O–H groups in total. The van der Waals surface area contributed by atoms with Crippen LogP contribution in [0.4, 0.5) is 0 Å². The standard InChI is InChI=1S/C15H20N4OS/c20-15(17-7-3-12-5-9-21-11-12)14-4-8-19(18-14)13-2-1-6-16-10-13/h4-5,8-9,11,13,16H,1-3,6-7,10H2,(H,17,20). The second-order valence-electron chi connectivity index (χ2n) is 5.32. The van der Waals surface area contributed by atoms with Gasteiger partial charge < -0.3 is 10.6 Å². The summed E-state index contributed by atoms with van der Waals surface area (Å²) in [4.78, 5) is 12.1. The number of piperidine rings is 1. The summed E-state index contributed by atoms with van der Waals surface area (Å²) < 4.78 is 1.92. The molecule has 3 heterocycles. The van der Waals surface area contributed by atoms with Crippen molar-refractivity contribution >= 4 is 17.2 Å². The minimum absolute atomic E-state index is 0.0900. The number of hydrogen-bond acceptors (Lipinski definition) is 4. The lowest BCUT2D eigenvalue weighted by atomic mass is 10.1. The Kier molecular flexibility index (Phi) is 4.67. The molecule has 1 saturated heterocycles. The van der Waals surface area contributed by atoms with Gasteiger partial charge in [0.15, 0.2) is 0 Å². The number of aromatic nitrogens is 2. The fraction of sp³-hybridized carbons (Fsp3) is 0.467. The van der Waals surface area contributed by atoms with Gasteiger partial charge in [-0.1, -0.05) is 0 Å². The lowest BCUT2D eigenvalue weighted by Gasteiger charge is -2.22. The molecule has 5 nitrogen and oxygen atoms in total. The lowest BCUT2D eigenvalue weighted by molar-refractivity contribution is 0.0948. The van der Waals surface area contributed by atoms with Crippen LogP contribution in [0.15, 0.2) is 29.1 Å². The molecule has 21 heavy (non-hydrogen) atoms. The Balaban J connectivity index is 1.51. The fourth-order valence-corrected chi connectivity index (χ4v) is 3.27. The fourth-order valence-electron chi connectivity index (χ4n) is 2.57. The molecule has 1 amide bonds. The van der Waals surface area contributed by atoms with E-state index in [1.165, 1.54) is 5.56 Å². The highest BCUT2D eigenvalue weighted by molar-refractivity contribution is 7.07. The van der Waals surface area contributed by atoms with Crippen molar-refractivity contribution in [2.75, 3.05) is 19.6 Å². The third kappa shape index (κ3) is 3.71. The van der Waals surface area contributed by atoms with Crippen LogP contribution in [0.5, 0.6) is 0 Å². The Hall–Kier alpha value is -1.66. The van der Waals surface area contributed by atoms with E-state index in [1.54, 1.807) is 17.4 Å². The molecular formula is C15H20N4OS. The van der Waals surface area contributed by atoms with Gasteiger partial charge in [-0.2, -0.15) is 16.4 Å². The summed E-state index contributed by atoms with van der Waals surface area (Å²) in [5.74, 6) is -0.0900. The largest absolute Gasteiger partial charge is 0.350 e. The van der Waals surface area contributed by atoms with Gasteiger partial charge in [-0.05, 0) is 54.3 Å². The number of carbonyl (C=O) groups excluding carboxylic acids is 1. The van der Waals surface area contributed by atoms with Crippen molar-refractivity contribution in [2.45, 2.75) is 25.3 Å². The number of hydrogen-bond donors (Lipinski definition) is 2. The third-order valence-corrected chi connectivity index (χ3v) is 4.50. The smallest absolute Gasteiger partial charge is 0.271 e. The zero-order valence-corrected chi connectivity index (χ0v) is 12.7. The normalized spacial score (nSPS) is 18.6. The van der Waals surface area contributed by atoms with Gasteiger partial charge >= 0.3 is 0 Å². The number of carbonyl (C=O) groups is 1. The van der Waals surface area contributed by atoms with Gasteiger partial charge in [-0.15, -0.1) is 0 Å². The summed E-state index contributed by atoms with van der Waals surface area (Å²) in [5, 5.41) is 14.9. The van der Waals surface area contributed by atoms with Gasteiger partial charge in [0.2, 0.25) is 0 Å². The van der Waals surface area contributed by atoms with Crippen molar-refractivity contribution in [3.8, 4) is 0 Å². The Morgan fingerprint density at radius 3 is 3.24 bits per heavy atom. The molecular weight excluding hydrogens is 284 g/mol. The zero-order valence-electron chi connectivity index (χ0n) is 11.9. The minimum atomic E-state index is -0.0900. The van der Waals surface area contributed by atoms with E-state index in [1.807, 2.05) is 10.9 Å². The maximum absolute atomic E-state index is 12.1.